The minimum absolute atomic E-state index is 0.0526. The summed E-state index contributed by atoms with van der Waals surface area (Å²) in [5.41, 5.74) is 9.24. The number of rotatable bonds is 2. The van der Waals surface area contributed by atoms with Crippen LogP contribution in [0.15, 0.2) is 59.6 Å². The Hall–Kier alpha value is -2.09. The van der Waals surface area contributed by atoms with Crippen molar-refractivity contribution in [2.45, 2.75) is 26.2 Å². The van der Waals surface area contributed by atoms with Gasteiger partial charge < -0.3 is 5.73 Å². The van der Waals surface area contributed by atoms with Gasteiger partial charge in [-0.25, -0.2) is 4.99 Å². The molecule has 0 spiro atoms. The van der Waals surface area contributed by atoms with Gasteiger partial charge >= 0.3 is 0 Å². The zero-order chi connectivity index (χ0) is 13.9. The lowest BCUT2D eigenvalue weighted by Crippen LogP contribution is -2.15. The van der Waals surface area contributed by atoms with Gasteiger partial charge in [0.1, 0.15) is 5.84 Å². The van der Waals surface area contributed by atoms with Crippen LogP contribution in [-0.2, 0) is 5.41 Å². The first-order valence-electron chi connectivity index (χ1n) is 6.47. The van der Waals surface area contributed by atoms with Gasteiger partial charge in [0.05, 0.1) is 5.69 Å². The fourth-order valence-corrected chi connectivity index (χ4v) is 2.01. The standard InChI is InChI=1S/C17H20N2/c1-17(2,3)14-11-7-8-12-15(14)19-16(18)13-9-5-4-6-10-13/h4-12H,1-3H3,(H2,18,19). The number of hydrogen-bond donors (Lipinski definition) is 1. The Balaban J connectivity index is 2.44. The van der Waals surface area contributed by atoms with E-state index in [2.05, 4.69) is 31.8 Å². The first-order valence-corrected chi connectivity index (χ1v) is 6.47. The molecular weight excluding hydrogens is 232 g/mol. The topological polar surface area (TPSA) is 38.4 Å². The van der Waals surface area contributed by atoms with Crippen molar-refractivity contribution in [2.24, 2.45) is 10.7 Å². The predicted molar refractivity (Wildman–Crippen MR) is 82.0 cm³/mol. The fraction of sp³-hybridized carbons (Fsp3) is 0.235. The molecule has 0 saturated heterocycles. The Kier molecular flexibility index (Phi) is 3.70. The lowest BCUT2D eigenvalue weighted by molar-refractivity contribution is 0.591. The van der Waals surface area contributed by atoms with Crippen molar-refractivity contribution >= 4 is 11.5 Å². The molecular formula is C17H20N2. The van der Waals surface area contributed by atoms with Crippen LogP contribution in [0.3, 0.4) is 0 Å². The van der Waals surface area contributed by atoms with E-state index in [1.54, 1.807) is 0 Å². The van der Waals surface area contributed by atoms with Crippen LogP contribution in [0.4, 0.5) is 5.69 Å². The monoisotopic (exact) mass is 252 g/mol. The Labute approximate surface area is 115 Å². The highest BCUT2D eigenvalue weighted by molar-refractivity contribution is 5.99. The summed E-state index contributed by atoms with van der Waals surface area (Å²) >= 11 is 0. The van der Waals surface area contributed by atoms with Crippen LogP contribution in [0.5, 0.6) is 0 Å². The molecule has 0 saturated carbocycles. The van der Waals surface area contributed by atoms with Crippen LogP contribution in [0, 0.1) is 0 Å². The highest BCUT2D eigenvalue weighted by Gasteiger charge is 2.17. The fourth-order valence-electron chi connectivity index (χ4n) is 2.01. The Morgan fingerprint density at radius 1 is 0.895 bits per heavy atom. The van der Waals surface area contributed by atoms with Crippen molar-refractivity contribution in [1.29, 1.82) is 0 Å². The molecule has 0 amide bonds. The zero-order valence-electron chi connectivity index (χ0n) is 11.7. The van der Waals surface area contributed by atoms with E-state index in [1.165, 1.54) is 5.56 Å². The smallest absolute Gasteiger partial charge is 0.131 e. The van der Waals surface area contributed by atoms with Crippen molar-refractivity contribution in [2.75, 3.05) is 0 Å². The lowest BCUT2D eigenvalue weighted by atomic mass is 9.86. The van der Waals surface area contributed by atoms with E-state index in [4.69, 9.17) is 5.73 Å². The first kappa shape index (κ1) is 13.3. The molecule has 0 bridgehead atoms. The normalized spacial score (nSPS) is 12.5. The maximum Gasteiger partial charge on any atom is 0.131 e. The van der Waals surface area contributed by atoms with Gasteiger partial charge in [-0.3, -0.25) is 0 Å². The van der Waals surface area contributed by atoms with Crippen LogP contribution < -0.4 is 5.73 Å². The molecule has 19 heavy (non-hydrogen) atoms. The molecule has 2 heteroatoms. The summed E-state index contributed by atoms with van der Waals surface area (Å²) in [7, 11) is 0. The van der Waals surface area contributed by atoms with Crippen molar-refractivity contribution in [1.82, 2.24) is 0 Å². The van der Waals surface area contributed by atoms with Gasteiger partial charge in [0.25, 0.3) is 0 Å². The maximum absolute atomic E-state index is 6.09. The van der Waals surface area contributed by atoms with Gasteiger partial charge in [-0.05, 0) is 17.0 Å². The van der Waals surface area contributed by atoms with Crippen LogP contribution in [0.1, 0.15) is 31.9 Å². The van der Waals surface area contributed by atoms with Crippen molar-refractivity contribution < 1.29 is 0 Å². The molecule has 0 unspecified atom stereocenters. The minimum atomic E-state index is 0.0526. The number of benzene rings is 2. The minimum Gasteiger partial charge on any atom is -0.383 e. The van der Waals surface area contributed by atoms with E-state index in [9.17, 15) is 0 Å². The summed E-state index contributed by atoms with van der Waals surface area (Å²) in [6, 6.07) is 18.0. The maximum atomic E-state index is 6.09. The Morgan fingerprint density at radius 3 is 2.11 bits per heavy atom. The van der Waals surface area contributed by atoms with Gasteiger partial charge in [-0.15, -0.1) is 0 Å². The molecule has 2 N–H and O–H groups in total. The van der Waals surface area contributed by atoms with E-state index >= 15 is 0 Å². The third-order valence-electron chi connectivity index (χ3n) is 3.02. The molecule has 0 aliphatic rings. The predicted octanol–water partition coefficient (Wildman–Crippen LogP) is 4.02. The summed E-state index contributed by atoms with van der Waals surface area (Å²) in [5, 5.41) is 0. The average Bonchev–Trinajstić information content (AvgIpc) is 2.39. The molecule has 0 atom stereocenters. The largest absolute Gasteiger partial charge is 0.383 e. The third-order valence-corrected chi connectivity index (χ3v) is 3.02. The van der Waals surface area contributed by atoms with E-state index in [1.807, 2.05) is 48.5 Å². The number of aliphatic imine (C=N–C) groups is 1. The lowest BCUT2D eigenvalue weighted by Gasteiger charge is -2.21. The zero-order valence-corrected chi connectivity index (χ0v) is 11.7. The molecule has 0 heterocycles. The SMILES string of the molecule is CC(C)(C)c1ccccc1N=C(N)c1ccccc1. The molecule has 2 aromatic carbocycles. The van der Waals surface area contributed by atoms with Gasteiger partial charge in [0, 0.05) is 5.56 Å². The van der Waals surface area contributed by atoms with Crippen molar-refractivity contribution in [3.63, 3.8) is 0 Å². The Morgan fingerprint density at radius 2 is 1.47 bits per heavy atom. The molecule has 0 aliphatic carbocycles. The Bertz CT molecular complexity index is 578. The molecule has 2 nitrogen and oxygen atoms in total. The van der Waals surface area contributed by atoms with Gasteiger partial charge in [0.2, 0.25) is 0 Å². The van der Waals surface area contributed by atoms with Crippen molar-refractivity contribution in [3.8, 4) is 0 Å². The summed E-state index contributed by atoms with van der Waals surface area (Å²) in [6.45, 7) is 6.54. The second kappa shape index (κ2) is 5.27. The van der Waals surface area contributed by atoms with Gasteiger partial charge in [0.15, 0.2) is 0 Å². The van der Waals surface area contributed by atoms with E-state index in [-0.39, 0.29) is 5.41 Å². The second-order valence-electron chi connectivity index (χ2n) is 5.63. The molecule has 0 radical (unpaired) electrons. The van der Waals surface area contributed by atoms with Crippen LogP contribution in [-0.4, -0.2) is 5.84 Å². The van der Waals surface area contributed by atoms with Crippen LogP contribution in [0.25, 0.3) is 0 Å². The molecule has 2 rings (SSSR count). The molecule has 0 aliphatic heterocycles. The molecule has 0 aromatic heterocycles. The summed E-state index contributed by atoms with van der Waals surface area (Å²) in [4.78, 5) is 4.59. The highest BCUT2D eigenvalue weighted by Crippen LogP contribution is 2.31. The molecule has 0 fully saturated rings. The van der Waals surface area contributed by atoms with E-state index in [0.29, 0.717) is 5.84 Å². The van der Waals surface area contributed by atoms with Crippen LogP contribution in [0.2, 0.25) is 0 Å². The number of hydrogen-bond acceptors (Lipinski definition) is 1. The first-order chi connectivity index (χ1) is 8.98. The van der Waals surface area contributed by atoms with Crippen LogP contribution >= 0.6 is 0 Å². The number of para-hydroxylation sites is 1. The summed E-state index contributed by atoms with van der Waals surface area (Å²) in [5.74, 6) is 0.553. The third kappa shape index (κ3) is 3.22. The number of amidine groups is 1. The highest BCUT2D eigenvalue weighted by atomic mass is 14.9. The second-order valence-corrected chi connectivity index (χ2v) is 5.63. The number of nitrogens with two attached hydrogens (primary N) is 1. The van der Waals surface area contributed by atoms with Gasteiger partial charge in [-0.2, -0.15) is 0 Å². The molecule has 2 aromatic rings. The number of nitrogens with zero attached hydrogens (tertiary/aromatic N) is 1. The summed E-state index contributed by atoms with van der Waals surface area (Å²) < 4.78 is 0. The average molecular weight is 252 g/mol. The van der Waals surface area contributed by atoms with Gasteiger partial charge in [-0.1, -0.05) is 69.3 Å². The van der Waals surface area contributed by atoms with Crippen molar-refractivity contribution in [3.05, 3.63) is 65.7 Å². The van der Waals surface area contributed by atoms with E-state index < -0.39 is 0 Å². The summed E-state index contributed by atoms with van der Waals surface area (Å²) in [6.07, 6.45) is 0. The van der Waals surface area contributed by atoms with E-state index in [0.717, 1.165) is 11.3 Å². The quantitative estimate of drug-likeness (QED) is 0.636. The molecule has 98 valence electrons.